The molecule has 2 N–H and O–H groups in total. The smallest absolute Gasteiger partial charge is 0.329 e. The summed E-state index contributed by atoms with van der Waals surface area (Å²) in [6.45, 7) is 5.02. The molecule has 0 bridgehead atoms. The van der Waals surface area contributed by atoms with Crippen LogP contribution >= 0.6 is 0 Å². The first kappa shape index (κ1) is 15.1. The summed E-state index contributed by atoms with van der Waals surface area (Å²) in [5, 5.41) is 11.8. The van der Waals surface area contributed by atoms with Crippen LogP contribution in [-0.4, -0.2) is 22.5 Å². The van der Waals surface area contributed by atoms with Crippen molar-refractivity contribution in [2.45, 2.75) is 39.2 Å². The Balaban J connectivity index is 3.04. The Morgan fingerprint density at radius 1 is 1.32 bits per heavy atom. The highest BCUT2D eigenvalue weighted by Gasteiger charge is 2.36. The molecule has 0 spiro atoms. The van der Waals surface area contributed by atoms with Crippen molar-refractivity contribution < 1.29 is 19.1 Å². The van der Waals surface area contributed by atoms with Gasteiger partial charge < -0.3 is 10.4 Å². The molecule has 5 heteroatoms. The predicted octanol–water partition coefficient (Wildman–Crippen LogP) is 2.51. The Morgan fingerprint density at radius 2 is 1.89 bits per heavy atom. The van der Waals surface area contributed by atoms with Crippen LogP contribution < -0.4 is 5.32 Å². The average molecular weight is 267 g/mol. The average Bonchev–Trinajstić information content (AvgIpc) is 2.35. The van der Waals surface area contributed by atoms with Crippen molar-refractivity contribution >= 4 is 11.9 Å². The fraction of sp³-hybridized carbons (Fsp3) is 0.429. The summed E-state index contributed by atoms with van der Waals surface area (Å²) in [6, 6.07) is 3.79. The van der Waals surface area contributed by atoms with Crippen molar-refractivity contribution in [2.24, 2.45) is 0 Å². The van der Waals surface area contributed by atoms with Crippen LogP contribution in [0.5, 0.6) is 0 Å². The zero-order valence-corrected chi connectivity index (χ0v) is 11.3. The summed E-state index contributed by atoms with van der Waals surface area (Å²) in [5.41, 5.74) is -0.518. The van der Waals surface area contributed by atoms with Crippen molar-refractivity contribution in [2.75, 3.05) is 0 Å². The molecule has 1 aromatic carbocycles. The van der Waals surface area contributed by atoms with Crippen LogP contribution in [0.25, 0.3) is 0 Å². The second kappa shape index (κ2) is 5.82. The minimum absolute atomic E-state index is 0.283. The van der Waals surface area contributed by atoms with E-state index >= 15 is 0 Å². The van der Waals surface area contributed by atoms with Crippen LogP contribution in [0.4, 0.5) is 4.39 Å². The van der Waals surface area contributed by atoms with Crippen LogP contribution in [-0.2, 0) is 4.79 Å². The van der Waals surface area contributed by atoms with E-state index in [0.717, 1.165) is 0 Å². The molecule has 0 unspecified atom stereocenters. The Labute approximate surface area is 111 Å². The third kappa shape index (κ3) is 3.10. The summed E-state index contributed by atoms with van der Waals surface area (Å²) in [7, 11) is 0. The Hall–Kier alpha value is -1.91. The maximum Gasteiger partial charge on any atom is 0.329 e. The fourth-order valence-corrected chi connectivity index (χ4v) is 1.95. The summed E-state index contributed by atoms with van der Waals surface area (Å²) in [6.07, 6.45) is 0.565. The number of carbonyl (C=O) groups excluding carboxylic acids is 1. The standard InChI is InChI=1S/C14H18FNO3/c1-4-14(5-2,13(18)19)16-12(17)11-7-6-10(15)8-9(11)3/h6-8H,4-5H2,1-3H3,(H,16,17)(H,18,19). The van der Waals surface area contributed by atoms with Crippen LogP contribution in [0.3, 0.4) is 0 Å². The van der Waals surface area contributed by atoms with E-state index in [2.05, 4.69) is 5.32 Å². The van der Waals surface area contributed by atoms with Gasteiger partial charge in [0, 0.05) is 5.56 Å². The maximum absolute atomic E-state index is 13.0. The number of carbonyl (C=O) groups is 2. The third-order valence-corrected chi connectivity index (χ3v) is 3.40. The van der Waals surface area contributed by atoms with Gasteiger partial charge in [0.25, 0.3) is 5.91 Å². The van der Waals surface area contributed by atoms with Gasteiger partial charge in [-0.3, -0.25) is 4.79 Å². The van der Waals surface area contributed by atoms with Crippen molar-refractivity contribution in [3.63, 3.8) is 0 Å². The van der Waals surface area contributed by atoms with Crippen molar-refractivity contribution in [1.29, 1.82) is 0 Å². The van der Waals surface area contributed by atoms with Gasteiger partial charge in [0.1, 0.15) is 11.4 Å². The highest BCUT2D eigenvalue weighted by atomic mass is 19.1. The number of halogens is 1. The number of rotatable bonds is 5. The summed E-state index contributed by atoms with van der Waals surface area (Å²) >= 11 is 0. The predicted molar refractivity (Wildman–Crippen MR) is 69.6 cm³/mol. The molecular weight excluding hydrogens is 249 g/mol. The number of benzene rings is 1. The van der Waals surface area contributed by atoms with Crippen molar-refractivity contribution in [3.05, 3.63) is 35.1 Å². The molecule has 19 heavy (non-hydrogen) atoms. The van der Waals surface area contributed by atoms with Gasteiger partial charge in [0.15, 0.2) is 0 Å². The lowest BCUT2D eigenvalue weighted by Crippen LogP contribution is -2.53. The molecule has 0 atom stereocenters. The molecule has 0 saturated heterocycles. The van der Waals surface area contributed by atoms with Gasteiger partial charge in [0.2, 0.25) is 0 Å². The minimum Gasteiger partial charge on any atom is -0.480 e. The third-order valence-electron chi connectivity index (χ3n) is 3.40. The van der Waals surface area contributed by atoms with E-state index in [1.807, 2.05) is 0 Å². The number of hydrogen-bond acceptors (Lipinski definition) is 2. The van der Waals surface area contributed by atoms with Gasteiger partial charge >= 0.3 is 5.97 Å². The minimum atomic E-state index is -1.28. The summed E-state index contributed by atoms with van der Waals surface area (Å²) in [5.74, 6) is -1.99. The molecule has 0 aliphatic carbocycles. The first-order chi connectivity index (χ1) is 8.86. The first-order valence-electron chi connectivity index (χ1n) is 6.18. The summed E-state index contributed by atoms with van der Waals surface area (Å²) < 4.78 is 13.0. The largest absolute Gasteiger partial charge is 0.480 e. The molecule has 4 nitrogen and oxygen atoms in total. The summed E-state index contributed by atoms with van der Waals surface area (Å²) in [4.78, 5) is 23.4. The molecule has 1 rings (SSSR count). The number of amides is 1. The molecule has 1 amide bonds. The molecule has 0 aromatic heterocycles. The number of nitrogens with one attached hydrogen (secondary N) is 1. The lowest BCUT2D eigenvalue weighted by atomic mass is 9.92. The number of carboxylic acids is 1. The van der Waals surface area contributed by atoms with Crippen molar-refractivity contribution in [3.8, 4) is 0 Å². The second-order valence-electron chi connectivity index (χ2n) is 4.51. The van der Waals surface area contributed by atoms with E-state index in [9.17, 15) is 19.1 Å². The van der Waals surface area contributed by atoms with Crippen molar-refractivity contribution in [1.82, 2.24) is 5.32 Å². The van der Waals surface area contributed by atoms with E-state index in [1.54, 1.807) is 20.8 Å². The normalized spacial score (nSPS) is 11.2. The van der Waals surface area contributed by atoms with E-state index in [4.69, 9.17) is 0 Å². The highest BCUT2D eigenvalue weighted by molar-refractivity contribution is 5.98. The Morgan fingerprint density at radius 3 is 2.32 bits per heavy atom. The quantitative estimate of drug-likeness (QED) is 0.861. The van der Waals surface area contributed by atoms with Crippen LogP contribution in [0.1, 0.15) is 42.6 Å². The zero-order chi connectivity index (χ0) is 14.6. The van der Waals surface area contributed by atoms with Crippen LogP contribution in [0.15, 0.2) is 18.2 Å². The van der Waals surface area contributed by atoms with E-state index in [1.165, 1.54) is 18.2 Å². The monoisotopic (exact) mass is 267 g/mol. The van der Waals surface area contributed by atoms with E-state index < -0.39 is 23.2 Å². The maximum atomic E-state index is 13.0. The van der Waals surface area contributed by atoms with Gasteiger partial charge in [-0.1, -0.05) is 13.8 Å². The Bertz CT molecular complexity index is 495. The molecule has 0 aliphatic heterocycles. The van der Waals surface area contributed by atoms with Crippen LogP contribution in [0, 0.1) is 12.7 Å². The molecule has 104 valence electrons. The Kier molecular flexibility index (Phi) is 4.64. The van der Waals surface area contributed by atoms with Gasteiger partial charge in [0.05, 0.1) is 0 Å². The van der Waals surface area contributed by atoms with Gasteiger partial charge in [-0.2, -0.15) is 0 Å². The lowest BCUT2D eigenvalue weighted by Gasteiger charge is -2.28. The van der Waals surface area contributed by atoms with Crippen LogP contribution in [0.2, 0.25) is 0 Å². The number of hydrogen-bond donors (Lipinski definition) is 2. The highest BCUT2D eigenvalue weighted by Crippen LogP contribution is 2.18. The SMILES string of the molecule is CCC(CC)(NC(=O)c1ccc(F)cc1C)C(=O)O. The molecule has 0 aliphatic rings. The van der Waals surface area contributed by atoms with Gasteiger partial charge in [-0.25, -0.2) is 9.18 Å². The zero-order valence-electron chi connectivity index (χ0n) is 11.3. The molecular formula is C14H18FNO3. The lowest BCUT2D eigenvalue weighted by molar-refractivity contribution is -0.144. The molecule has 0 heterocycles. The molecule has 1 aromatic rings. The number of carboxylic acid groups (broad SMARTS) is 1. The number of aliphatic carboxylic acids is 1. The van der Waals surface area contributed by atoms with Gasteiger partial charge in [-0.15, -0.1) is 0 Å². The van der Waals surface area contributed by atoms with E-state index in [-0.39, 0.29) is 18.4 Å². The van der Waals surface area contributed by atoms with E-state index in [0.29, 0.717) is 5.56 Å². The molecule has 0 fully saturated rings. The first-order valence-corrected chi connectivity index (χ1v) is 6.18. The molecule has 0 radical (unpaired) electrons. The second-order valence-corrected chi connectivity index (χ2v) is 4.51. The van der Waals surface area contributed by atoms with Gasteiger partial charge in [-0.05, 0) is 43.5 Å². The molecule has 0 saturated carbocycles. The topological polar surface area (TPSA) is 66.4 Å². The number of aryl methyl sites for hydroxylation is 1. The fourth-order valence-electron chi connectivity index (χ4n) is 1.95.